The average molecular weight is 251 g/mol. The van der Waals surface area contributed by atoms with Crippen LogP contribution in [-0.2, 0) is 6.54 Å². The summed E-state index contributed by atoms with van der Waals surface area (Å²) in [6, 6.07) is 4.84. The van der Waals surface area contributed by atoms with E-state index in [-0.39, 0.29) is 5.82 Å². The third-order valence-electron chi connectivity index (χ3n) is 3.86. The Morgan fingerprint density at radius 3 is 2.72 bits per heavy atom. The van der Waals surface area contributed by atoms with E-state index in [1.54, 1.807) is 12.1 Å². The molecule has 0 spiro atoms. The summed E-state index contributed by atoms with van der Waals surface area (Å²) in [5.41, 5.74) is 1.49. The van der Waals surface area contributed by atoms with Crippen molar-refractivity contribution in [2.75, 3.05) is 6.54 Å². The first-order chi connectivity index (χ1) is 8.59. The van der Waals surface area contributed by atoms with Gasteiger partial charge in [-0.15, -0.1) is 0 Å². The number of halogens is 1. The molecule has 0 radical (unpaired) electrons. The summed E-state index contributed by atoms with van der Waals surface area (Å²) in [5.74, 6) is -0.200. The maximum absolute atomic E-state index is 13.1. The maximum Gasteiger partial charge on any atom is 0.123 e. The standard InChI is InChI=1S/C15H22FNO/c1-12-5-6-14(16)9-13(12)10-17-11-15(18)7-3-2-4-8-15/h5-6,9,17-18H,2-4,7-8,10-11H2,1H3. The molecule has 0 aromatic heterocycles. The van der Waals surface area contributed by atoms with Gasteiger partial charge in [-0.1, -0.05) is 25.3 Å². The number of hydrogen-bond acceptors (Lipinski definition) is 2. The Morgan fingerprint density at radius 1 is 1.28 bits per heavy atom. The number of rotatable bonds is 4. The molecule has 18 heavy (non-hydrogen) atoms. The molecule has 3 heteroatoms. The van der Waals surface area contributed by atoms with Crippen LogP contribution in [0, 0.1) is 12.7 Å². The quantitative estimate of drug-likeness (QED) is 0.862. The van der Waals surface area contributed by atoms with Gasteiger partial charge in [0.1, 0.15) is 5.82 Å². The van der Waals surface area contributed by atoms with Crippen LogP contribution in [0.2, 0.25) is 0 Å². The summed E-state index contributed by atoms with van der Waals surface area (Å²) in [6.07, 6.45) is 5.20. The second-order valence-electron chi connectivity index (χ2n) is 5.46. The van der Waals surface area contributed by atoms with Crippen molar-refractivity contribution in [3.8, 4) is 0 Å². The molecular weight excluding hydrogens is 229 g/mol. The van der Waals surface area contributed by atoms with Gasteiger partial charge in [0.05, 0.1) is 5.60 Å². The molecule has 1 saturated carbocycles. The zero-order valence-corrected chi connectivity index (χ0v) is 11.0. The van der Waals surface area contributed by atoms with Crippen molar-refractivity contribution in [2.24, 2.45) is 0 Å². The third-order valence-corrected chi connectivity index (χ3v) is 3.86. The number of benzene rings is 1. The highest BCUT2D eigenvalue weighted by atomic mass is 19.1. The van der Waals surface area contributed by atoms with Gasteiger partial charge in [-0.3, -0.25) is 0 Å². The summed E-state index contributed by atoms with van der Waals surface area (Å²) >= 11 is 0. The molecule has 0 saturated heterocycles. The predicted octanol–water partition coefficient (Wildman–Crippen LogP) is 2.92. The van der Waals surface area contributed by atoms with Gasteiger partial charge in [-0.25, -0.2) is 4.39 Å². The van der Waals surface area contributed by atoms with E-state index in [0.29, 0.717) is 13.1 Å². The van der Waals surface area contributed by atoms with Crippen molar-refractivity contribution in [3.05, 3.63) is 35.1 Å². The summed E-state index contributed by atoms with van der Waals surface area (Å²) in [6.45, 7) is 3.20. The highest BCUT2D eigenvalue weighted by molar-refractivity contribution is 5.26. The highest BCUT2D eigenvalue weighted by Crippen LogP contribution is 2.27. The summed E-state index contributed by atoms with van der Waals surface area (Å²) < 4.78 is 13.1. The lowest BCUT2D eigenvalue weighted by molar-refractivity contribution is 0.00466. The van der Waals surface area contributed by atoms with E-state index in [0.717, 1.165) is 36.8 Å². The Kier molecular flexibility index (Phi) is 4.36. The van der Waals surface area contributed by atoms with Crippen molar-refractivity contribution >= 4 is 0 Å². The van der Waals surface area contributed by atoms with Crippen molar-refractivity contribution in [1.29, 1.82) is 0 Å². The number of aliphatic hydroxyl groups is 1. The van der Waals surface area contributed by atoms with Gasteiger partial charge in [0.15, 0.2) is 0 Å². The molecule has 0 heterocycles. The molecule has 1 aromatic carbocycles. The minimum Gasteiger partial charge on any atom is -0.389 e. The van der Waals surface area contributed by atoms with Crippen LogP contribution < -0.4 is 5.32 Å². The summed E-state index contributed by atoms with van der Waals surface area (Å²) in [5, 5.41) is 13.6. The van der Waals surface area contributed by atoms with E-state index in [1.807, 2.05) is 6.92 Å². The van der Waals surface area contributed by atoms with Crippen LogP contribution in [0.25, 0.3) is 0 Å². The van der Waals surface area contributed by atoms with E-state index in [4.69, 9.17) is 0 Å². The molecular formula is C15H22FNO. The van der Waals surface area contributed by atoms with Crippen LogP contribution >= 0.6 is 0 Å². The number of aryl methyl sites for hydroxylation is 1. The summed E-state index contributed by atoms with van der Waals surface area (Å²) in [7, 11) is 0. The van der Waals surface area contributed by atoms with Gasteiger partial charge in [-0.2, -0.15) is 0 Å². The van der Waals surface area contributed by atoms with E-state index in [1.165, 1.54) is 12.5 Å². The van der Waals surface area contributed by atoms with Crippen LogP contribution in [0.15, 0.2) is 18.2 Å². The first-order valence-electron chi connectivity index (χ1n) is 6.77. The predicted molar refractivity (Wildman–Crippen MR) is 70.9 cm³/mol. The minimum atomic E-state index is -0.556. The smallest absolute Gasteiger partial charge is 0.123 e. The molecule has 2 rings (SSSR count). The second-order valence-corrected chi connectivity index (χ2v) is 5.46. The van der Waals surface area contributed by atoms with Crippen LogP contribution in [0.3, 0.4) is 0 Å². The van der Waals surface area contributed by atoms with E-state index >= 15 is 0 Å². The molecule has 1 aliphatic rings. The molecule has 100 valence electrons. The zero-order valence-electron chi connectivity index (χ0n) is 11.0. The minimum absolute atomic E-state index is 0.200. The van der Waals surface area contributed by atoms with E-state index in [2.05, 4.69) is 5.32 Å². The van der Waals surface area contributed by atoms with E-state index in [9.17, 15) is 9.50 Å². The lowest BCUT2D eigenvalue weighted by atomic mass is 9.85. The van der Waals surface area contributed by atoms with Gasteiger partial charge in [0.25, 0.3) is 0 Å². The Hall–Kier alpha value is -0.930. The zero-order chi connectivity index (χ0) is 13.0. The van der Waals surface area contributed by atoms with Gasteiger partial charge in [-0.05, 0) is 43.0 Å². The van der Waals surface area contributed by atoms with Crippen molar-refractivity contribution < 1.29 is 9.50 Å². The fourth-order valence-corrected chi connectivity index (χ4v) is 2.65. The van der Waals surface area contributed by atoms with Crippen LogP contribution in [0.4, 0.5) is 4.39 Å². The fourth-order valence-electron chi connectivity index (χ4n) is 2.65. The SMILES string of the molecule is Cc1ccc(F)cc1CNCC1(O)CCCCC1. The largest absolute Gasteiger partial charge is 0.389 e. The molecule has 1 aromatic rings. The molecule has 2 nitrogen and oxygen atoms in total. The van der Waals surface area contributed by atoms with Crippen molar-refractivity contribution in [3.63, 3.8) is 0 Å². The summed E-state index contributed by atoms with van der Waals surface area (Å²) in [4.78, 5) is 0. The molecule has 0 amide bonds. The lowest BCUT2D eigenvalue weighted by Gasteiger charge is -2.32. The van der Waals surface area contributed by atoms with Crippen LogP contribution in [0.5, 0.6) is 0 Å². The molecule has 2 N–H and O–H groups in total. The monoisotopic (exact) mass is 251 g/mol. The Morgan fingerprint density at radius 2 is 2.00 bits per heavy atom. The Balaban J connectivity index is 1.86. The number of hydrogen-bond donors (Lipinski definition) is 2. The van der Waals surface area contributed by atoms with E-state index < -0.39 is 5.60 Å². The van der Waals surface area contributed by atoms with Crippen LogP contribution in [-0.4, -0.2) is 17.3 Å². The molecule has 0 atom stereocenters. The topological polar surface area (TPSA) is 32.3 Å². The molecule has 1 aliphatic carbocycles. The fraction of sp³-hybridized carbons (Fsp3) is 0.600. The molecule has 0 aliphatic heterocycles. The normalized spacial score (nSPS) is 18.8. The van der Waals surface area contributed by atoms with Gasteiger partial charge < -0.3 is 10.4 Å². The molecule has 0 unspecified atom stereocenters. The Bertz CT molecular complexity index is 399. The molecule has 0 bridgehead atoms. The highest BCUT2D eigenvalue weighted by Gasteiger charge is 2.28. The van der Waals surface area contributed by atoms with Crippen LogP contribution in [0.1, 0.15) is 43.2 Å². The van der Waals surface area contributed by atoms with Gasteiger partial charge in [0.2, 0.25) is 0 Å². The first-order valence-corrected chi connectivity index (χ1v) is 6.77. The van der Waals surface area contributed by atoms with Gasteiger partial charge in [0, 0.05) is 13.1 Å². The van der Waals surface area contributed by atoms with Crippen molar-refractivity contribution in [2.45, 2.75) is 51.2 Å². The number of nitrogens with one attached hydrogen (secondary N) is 1. The average Bonchev–Trinajstić information content (AvgIpc) is 2.34. The van der Waals surface area contributed by atoms with Gasteiger partial charge >= 0.3 is 0 Å². The molecule has 1 fully saturated rings. The lowest BCUT2D eigenvalue weighted by Crippen LogP contribution is -2.41. The maximum atomic E-state index is 13.1. The Labute approximate surface area is 108 Å². The van der Waals surface area contributed by atoms with Crippen molar-refractivity contribution in [1.82, 2.24) is 5.32 Å². The third kappa shape index (κ3) is 3.53. The first kappa shape index (κ1) is 13.5. The second kappa shape index (κ2) is 5.81.